The second-order valence-corrected chi connectivity index (χ2v) is 4.01. The van der Waals surface area contributed by atoms with Crippen LogP contribution in [0.4, 0.5) is 8.78 Å². The molecule has 1 aromatic rings. The molecular formula is C10H12BrF2NO. The zero-order chi connectivity index (χ0) is 11.5. The molecule has 0 spiro atoms. The minimum absolute atomic E-state index is 0.423. The van der Waals surface area contributed by atoms with E-state index in [1.807, 2.05) is 0 Å². The zero-order valence-electron chi connectivity index (χ0n) is 8.27. The molecule has 15 heavy (non-hydrogen) atoms. The molecular weight excluding hydrogens is 268 g/mol. The Bertz CT molecular complexity index is 344. The summed E-state index contributed by atoms with van der Waals surface area (Å²) in [7, 11) is 1.45. The maximum absolute atomic E-state index is 13.1. The molecule has 0 unspecified atom stereocenters. The van der Waals surface area contributed by atoms with Gasteiger partial charge >= 0.3 is 0 Å². The summed E-state index contributed by atoms with van der Waals surface area (Å²) in [4.78, 5) is 0. The van der Waals surface area contributed by atoms with E-state index in [4.69, 9.17) is 10.5 Å². The lowest BCUT2D eigenvalue weighted by Gasteiger charge is -2.17. The minimum Gasteiger partial charge on any atom is -0.496 e. The van der Waals surface area contributed by atoms with E-state index in [0.29, 0.717) is 15.8 Å². The molecule has 2 N–H and O–H groups in total. The summed E-state index contributed by atoms with van der Waals surface area (Å²) in [5.74, 6) is -2.46. The number of hydrogen-bond donors (Lipinski definition) is 1. The van der Waals surface area contributed by atoms with Crippen molar-refractivity contribution >= 4 is 15.9 Å². The second-order valence-electron chi connectivity index (χ2n) is 3.16. The Morgan fingerprint density at radius 3 is 2.67 bits per heavy atom. The Balaban J connectivity index is 3.02. The first-order valence-corrected chi connectivity index (χ1v) is 5.19. The van der Waals surface area contributed by atoms with Gasteiger partial charge in [0.2, 0.25) is 0 Å². The third kappa shape index (κ3) is 3.14. The normalized spacial score (nSPS) is 11.5. The highest BCUT2D eigenvalue weighted by atomic mass is 79.9. The molecule has 0 fully saturated rings. The number of ether oxygens (including phenoxy) is 1. The molecule has 0 saturated carbocycles. The van der Waals surface area contributed by atoms with E-state index in [-0.39, 0.29) is 0 Å². The summed E-state index contributed by atoms with van der Waals surface area (Å²) in [5.41, 5.74) is 5.43. The second kappa shape index (κ2) is 4.90. The van der Waals surface area contributed by atoms with Crippen LogP contribution in [0.3, 0.4) is 0 Å². The first-order valence-electron chi connectivity index (χ1n) is 4.39. The summed E-state index contributed by atoms with van der Waals surface area (Å²) >= 11 is 3.22. The topological polar surface area (TPSA) is 35.2 Å². The van der Waals surface area contributed by atoms with Crippen molar-refractivity contribution in [2.75, 3.05) is 13.7 Å². The van der Waals surface area contributed by atoms with Crippen molar-refractivity contribution in [2.45, 2.75) is 12.3 Å². The number of halogens is 3. The number of rotatable bonds is 4. The molecule has 0 bridgehead atoms. The molecule has 0 aliphatic heterocycles. The van der Waals surface area contributed by atoms with E-state index in [0.717, 1.165) is 0 Å². The SMILES string of the molecule is COc1cccc(Br)c1CC(F)(F)CN. The highest BCUT2D eigenvalue weighted by Crippen LogP contribution is 2.31. The molecule has 0 aromatic heterocycles. The summed E-state index contributed by atoms with van der Waals surface area (Å²) < 4.78 is 31.9. The number of benzene rings is 1. The third-order valence-electron chi connectivity index (χ3n) is 2.03. The van der Waals surface area contributed by atoms with Gasteiger partial charge in [-0.2, -0.15) is 0 Å². The summed E-state index contributed by atoms with van der Waals surface area (Å²) in [6.07, 6.45) is -0.423. The van der Waals surface area contributed by atoms with Gasteiger partial charge in [-0.15, -0.1) is 0 Å². The Labute approximate surface area is 95.5 Å². The largest absolute Gasteiger partial charge is 0.496 e. The average molecular weight is 280 g/mol. The fourth-order valence-electron chi connectivity index (χ4n) is 1.23. The van der Waals surface area contributed by atoms with Gasteiger partial charge in [0.15, 0.2) is 0 Å². The maximum atomic E-state index is 13.1. The predicted octanol–water partition coefficient (Wildman–Crippen LogP) is 2.59. The van der Waals surface area contributed by atoms with Gasteiger partial charge in [0, 0.05) is 16.5 Å². The van der Waals surface area contributed by atoms with Gasteiger partial charge in [0.25, 0.3) is 5.92 Å². The molecule has 1 rings (SSSR count). The number of methoxy groups -OCH3 is 1. The Morgan fingerprint density at radius 2 is 2.13 bits per heavy atom. The van der Waals surface area contributed by atoms with E-state index >= 15 is 0 Å². The molecule has 0 atom stereocenters. The van der Waals surface area contributed by atoms with Crippen molar-refractivity contribution in [3.63, 3.8) is 0 Å². The number of hydrogen-bond acceptors (Lipinski definition) is 2. The van der Waals surface area contributed by atoms with Gasteiger partial charge in [0.1, 0.15) is 5.75 Å². The van der Waals surface area contributed by atoms with Crippen molar-refractivity contribution in [2.24, 2.45) is 5.73 Å². The minimum atomic E-state index is -2.91. The third-order valence-corrected chi connectivity index (χ3v) is 2.77. The van der Waals surface area contributed by atoms with Crippen molar-refractivity contribution in [3.8, 4) is 5.75 Å². The molecule has 0 saturated heterocycles. The van der Waals surface area contributed by atoms with Crippen LogP contribution in [-0.4, -0.2) is 19.6 Å². The van der Waals surface area contributed by atoms with Gasteiger partial charge in [-0.3, -0.25) is 0 Å². The molecule has 0 amide bonds. The summed E-state index contributed by atoms with van der Waals surface area (Å²) in [6.45, 7) is -0.669. The molecule has 1 aromatic carbocycles. The average Bonchev–Trinajstić information content (AvgIpc) is 2.21. The van der Waals surface area contributed by atoms with Crippen LogP contribution >= 0.6 is 15.9 Å². The first-order chi connectivity index (χ1) is 7.00. The molecule has 0 heterocycles. The summed E-state index contributed by atoms with van der Waals surface area (Å²) in [6, 6.07) is 5.07. The standard InChI is InChI=1S/C10H12BrF2NO/c1-15-9-4-2-3-8(11)7(9)5-10(12,13)6-14/h2-4H,5-6,14H2,1H3. The lowest BCUT2D eigenvalue weighted by molar-refractivity contribution is 0.0108. The van der Waals surface area contributed by atoms with Crippen LogP contribution in [0.1, 0.15) is 5.56 Å². The quantitative estimate of drug-likeness (QED) is 0.920. The summed E-state index contributed by atoms with van der Waals surface area (Å²) in [5, 5.41) is 0. The highest BCUT2D eigenvalue weighted by molar-refractivity contribution is 9.10. The molecule has 2 nitrogen and oxygen atoms in total. The molecule has 0 radical (unpaired) electrons. The van der Waals surface area contributed by atoms with Crippen molar-refractivity contribution < 1.29 is 13.5 Å². The van der Waals surface area contributed by atoms with E-state index in [1.54, 1.807) is 18.2 Å². The lowest BCUT2D eigenvalue weighted by Crippen LogP contribution is -2.30. The van der Waals surface area contributed by atoms with Crippen LogP contribution in [0.15, 0.2) is 22.7 Å². The van der Waals surface area contributed by atoms with Crippen LogP contribution in [0.5, 0.6) is 5.75 Å². The van der Waals surface area contributed by atoms with Crippen molar-refractivity contribution in [1.82, 2.24) is 0 Å². The number of nitrogens with two attached hydrogens (primary N) is 1. The molecule has 84 valence electrons. The Kier molecular flexibility index (Phi) is 4.04. The van der Waals surface area contributed by atoms with Crippen LogP contribution in [0, 0.1) is 0 Å². The van der Waals surface area contributed by atoms with E-state index in [9.17, 15) is 8.78 Å². The van der Waals surface area contributed by atoms with Gasteiger partial charge in [-0.1, -0.05) is 22.0 Å². The van der Waals surface area contributed by atoms with Gasteiger partial charge in [-0.05, 0) is 12.1 Å². The highest BCUT2D eigenvalue weighted by Gasteiger charge is 2.29. The van der Waals surface area contributed by atoms with Crippen LogP contribution in [-0.2, 0) is 6.42 Å². The van der Waals surface area contributed by atoms with E-state index in [1.165, 1.54) is 7.11 Å². The fraction of sp³-hybridized carbons (Fsp3) is 0.400. The number of alkyl halides is 2. The Morgan fingerprint density at radius 1 is 1.47 bits per heavy atom. The van der Waals surface area contributed by atoms with Gasteiger partial charge in [-0.25, -0.2) is 8.78 Å². The monoisotopic (exact) mass is 279 g/mol. The lowest BCUT2D eigenvalue weighted by atomic mass is 10.1. The van der Waals surface area contributed by atoms with Crippen LogP contribution in [0.25, 0.3) is 0 Å². The molecule has 0 aliphatic rings. The van der Waals surface area contributed by atoms with Gasteiger partial charge in [0.05, 0.1) is 13.7 Å². The fourth-order valence-corrected chi connectivity index (χ4v) is 1.72. The van der Waals surface area contributed by atoms with Crippen LogP contribution < -0.4 is 10.5 Å². The zero-order valence-corrected chi connectivity index (χ0v) is 9.85. The van der Waals surface area contributed by atoms with Crippen molar-refractivity contribution in [3.05, 3.63) is 28.2 Å². The molecule has 5 heteroatoms. The maximum Gasteiger partial charge on any atom is 0.264 e. The van der Waals surface area contributed by atoms with E-state index in [2.05, 4.69) is 15.9 Å². The molecule has 0 aliphatic carbocycles. The van der Waals surface area contributed by atoms with Crippen LogP contribution in [0.2, 0.25) is 0 Å². The Hall–Kier alpha value is -0.680. The van der Waals surface area contributed by atoms with Crippen molar-refractivity contribution in [1.29, 1.82) is 0 Å². The van der Waals surface area contributed by atoms with Gasteiger partial charge < -0.3 is 10.5 Å². The van der Waals surface area contributed by atoms with E-state index < -0.39 is 18.9 Å². The smallest absolute Gasteiger partial charge is 0.264 e. The first kappa shape index (κ1) is 12.4. The predicted molar refractivity (Wildman–Crippen MR) is 58.4 cm³/mol.